The first-order valence-corrected chi connectivity index (χ1v) is 8.50. The van der Waals surface area contributed by atoms with Gasteiger partial charge >= 0.3 is 0 Å². The predicted octanol–water partition coefficient (Wildman–Crippen LogP) is 6.49. The molecule has 0 amide bonds. The molecule has 2 rings (SSSR count). The Balaban J connectivity index is 2.28. The molecule has 2 nitrogen and oxygen atoms in total. The number of aliphatic imine (C=N–C) groups is 1. The Labute approximate surface area is 152 Å². The van der Waals surface area contributed by atoms with Crippen LogP contribution in [-0.2, 0) is 0 Å². The number of aryl methyl sites for hydroxylation is 1. The van der Waals surface area contributed by atoms with Gasteiger partial charge in [-0.05, 0) is 74.2 Å². The van der Waals surface area contributed by atoms with Crippen molar-refractivity contribution in [2.24, 2.45) is 4.99 Å². The lowest BCUT2D eigenvalue weighted by molar-refractivity contribution is 0.358. The third kappa shape index (κ3) is 4.45. The van der Waals surface area contributed by atoms with Gasteiger partial charge in [-0.1, -0.05) is 30.3 Å². The van der Waals surface area contributed by atoms with E-state index in [9.17, 15) is 0 Å². The van der Waals surface area contributed by atoms with Crippen LogP contribution >= 0.6 is 43.5 Å². The molecule has 0 heterocycles. The van der Waals surface area contributed by atoms with E-state index in [0.29, 0.717) is 11.6 Å². The van der Waals surface area contributed by atoms with Crippen LogP contribution in [0, 0.1) is 6.92 Å². The number of hydrogen-bond acceptors (Lipinski definition) is 2. The molecule has 0 N–H and O–H groups in total. The number of nitrogens with zero attached hydrogens (tertiary/aromatic N) is 1. The molecule has 0 aromatic heterocycles. The largest absolute Gasteiger partial charge is 0.487 e. The van der Waals surface area contributed by atoms with Gasteiger partial charge in [-0.3, -0.25) is 4.99 Å². The van der Waals surface area contributed by atoms with Gasteiger partial charge in [0, 0.05) is 11.2 Å². The quantitative estimate of drug-likeness (QED) is 0.382. The molecule has 0 atom stereocenters. The maximum Gasteiger partial charge on any atom is 0.148 e. The van der Waals surface area contributed by atoms with Crippen LogP contribution in [0.25, 0.3) is 0 Å². The van der Waals surface area contributed by atoms with Gasteiger partial charge in [0.2, 0.25) is 0 Å². The minimum Gasteiger partial charge on any atom is -0.487 e. The first-order valence-electron chi connectivity index (χ1n) is 6.54. The molecule has 0 radical (unpaired) electrons. The fourth-order valence-electron chi connectivity index (χ4n) is 1.80. The van der Waals surface area contributed by atoms with Crippen molar-refractivity contribution in [3.63, 3.8) is 0 Å². The Morgan fingerprint density at radius 1 is 1.23 bits per heavy atom. The van der Waals surface area contributed by atoms with E-state index >= 15 is 0 Å². The summed E-state index contributed by atoms with van der Waals surface area (Å²) in [4.78, 5) is 4.50. The molecule has 0 aliphatic carbocycles. The molecule has 114 valence electrons. The highest BCUT2D eigenvalue weighted by atomic mass is 79.9. The topological polar surface area (TPSA) is 21.6 Å². The number of benzene rings is 2. The van der Waals surface area contributed by atoms with Crippen molar-refractivity contribution in [1.82, 2.24) is 0 Å². The maximum absolute atomic E-state index is 6.00. The molecule has 0 saturated heterocycles. The molecule has 2 aromatic carbocycles. The molecule has 0 unspecified atom stereocenters. The molecular formula is C17H14Br2ClNO. The Kier molecular flexibility index (Phi) is 6.24. The van der Waals surface area contributed by atoms with Crippen molar-refractivity contribution in [2.75, 3.05) is 6.61 Å². The second kappa shape index (κ2) is 7.95. The van der Waals surface area contributed by atoms with Crippen LogP contribution < -0.4 is 4.74 Å². The maximum atomic E-state index is 6.00. The van der Waals surface area contributed by atoms with Crippen molar-refractivity contribution in [3.8, 4) is 5.75 Å². The Hall–Kier alpha value is -1.10. The lowest BCUT2D eigenvalue weighted by Gasteiger charge is -2.09. The van der Waals surface area contributed by atoms with Crippen molar-refractivity contribution in [3.05, 3.63) is 68.1 Å². The van der Waals surface area contributed by atoms with Crippen LogP contribution in [0.4, 0.5) is 5.69 Å². The average Bonchev–Trinajstić information content (AvgIpc) is 2.47. The average molecular weight is 444 g/mol. The first-order chi connectivity index (χ1) is 10.5. The molecule has 0 aliphatic rings. The van der Waals surface area contributed by atoms with E-state index in [-0.39, 0.29) is 0 Å². The highest BCUT2D eigenvalue weighted by Crippen LogP contribution is 2.34. The second-order valence-corrected chi connectivity index (χ2v) is 6.75. The fourth-order valence-corrected chi connectivity index (χ4v) is 3.42. The van der Waals surface area contributed by atoms with E-state index in [1.54, 1.807) is 12.3 Å². The van der Waals surface area contributed by atoms with Crippen molar-refractivity contribution < 1.29 is 4.74 Å². The first kappa shape index (κ1) is 17.3. The fraction of sp³-hybridized carbons (Fsp3) is 0.118. The van der Waals surface area contributed by atoms with Crippen LogP contribution in [-0.4, -0.2) is 12.8 Å². The summed E-state index contributed by atoms with van der Waals surface area (Å²) in [7, 11) is 0. The monoisotopic (exact) mass is 441 g/mol. The van der Waals surface area contributed by atoms with Gasteiger partial charge < -0.3 is 4.74 Å². The highest BCUT2D eigenvalue weighted by molar-refractivity contribution is 9.11. The summed E-state index contributed by atoms with van der Waals surface area (Å²) >= 11 is 13.0. The van der Waals surface area contributed by atoms with E-state index in [1.807, 2.05) is 37.3 Å². The summed E-state index contributed by atoms with van der Waals surface area (Å²) in [6, 6.07) is 9.56. The third-order valence-electron chi connectivity index (χ3n) is 2.89. The van der Waals surface area contributed by atoms with Gasteiger partial charge in [0.1, 0.15) is 12.4 Å². The van der Waals surface area contributed by atoms with E-state index in [4.69, 9.17) is 16.3 Å². The predicted molar refractivity (Wildman–Crippen MR) is 101 cm³/mol. The minimum atomic E-state index is 0.451. The van der Waals surface area contributed by atoms with E-state index < -0.39 is 0 Å². The summed E-state index contributed by atoms with van der Waals surface area (Å²) in [6.45, 7) is 6.10. The van der Waals surface area contributed by atoms with E-state index in [2.05, 4.69) is 43.4 Å². The summed E-state index contributed by atoms with van der Waals surface area (Å²) in [6.07, 6.45) is 3.50. The Bertz CT molecular complexity index is 706. The third-order valence-corrected chi connectivity index (χ3v) is 4.30. The van der Waals surface area contributed by atoms with Crippen molar-refractivity contribution in [1.29, 1.82) is 0 Å². The normalized spacial score (nSPS) is 10.9. The Morgan fingerprint density at radius 2 is 1.91 bits per heavy atom. The lowest BCUT2D eigenvalue weighted by atomic mass is 10.2. The standard InChI is InChI=1S/C17H14Br2ClNO/c1-3-6-22-17-14(18)7-12(8-15(17)19)10-21-16-9-13(20)5-4-11(16)2/h3-5,7-10H,1,6H2,2H3. The van der Waals surface area contributed by atoms with E-state index in [1.165, 1.54) is 0 Å². The van der Waals surface area contributed by atoms with Gasteiger partial charge in [0.25, 0.3) is 0 Å². The minimum absolute atomic E-state index is 0.451. The number of rotatable bonds is 5. The molecule has 5 heteroatoms. The molecule has 0 bridgehead atoms. The number of ether oxygens (including phenoxy) is 1. The van der Waals surface area contributed by atoms with Crippen LogP contribution in [0.1, 0.15) is 11.1 Å². The SMILES string of the molecule is C=CCOc1c(Br)cc(C=Nc2cc(Cl)ccc2C)cc1Br. The summed E-state index contributed by atoms with van der Waals surface area (Å²) in [5, 5.41) is 0.674. The second-order valence-electron chi connectivity index (χ2n) is 4.60. The lowest BCUT2D eigenvalue weighted by Crippen LogP contribution is -1.96. The zero-order valence-corrected chi connectivity index (χ0v) is 15.9. The van der Waals surface area contributed by atoms with Crippen LogP contribution in [0.3, 0.4) is 0 Å². The molecule has 0 aliphatic heterocycles. The highest BCUT2D eigenvalue weighted by Gasteiger charge is 2.08. The van der Waals surface area contributed by atoms with Gasteiger partial charge in [0.15, 0.2) is 0 Å². The smallest absolute Gasteiger partial charge is 0.148 e. The zero-order valence-electron chi connectivity index (χ0n) is 11.9. The Morgan fingerprint density at radius 3 is 2.55 bits per heavy atom. The summed E-state index contributed by atoms with van der Waals surface area (Å²) in [5.74, 6) is 0.746. The van der Waals surface area contributed by atoms with Crippen LogP contribution in [0.2, 0.25) is 5.02 Å². The van der Waals surface area contributed by atoms with Gasteiger partial charge in [0.05, 0.1) is 14.6 Å². The molecule has 0 saturated carbocycles. The van der Waals surface area contributed by atoms with Gasteiger partial charge in [-0.25, -0.2) is 0 Å². The molecule has 0 fully saturated rings. The zero-order chi connectivity index (χ0) is 16.1. The van der Waals surface area contributed by atoms with E-state index in [0.717, 1.165) is 31.5 Å². The van der Waals surface area contributed by atoms with Crippen LogP contribution in [0.5, 0.6) is 5.75 Å². The molecule has 2 aromatic rings. The number of halogens is 3. The number of hydrogen-bond donors (Lipinski definition) is 0. The molecule has 22 heavy (non-hydrogen) atoms. The molecule has 0 spiro atoms. The van der Waals surface area contributed by atoms with Crippen LogP contribution in [0.15, 0.2) is 56.9 Å². The summed E-state index contributed by atoms with van der Waals surface area (Å²) in [5.41, 5.74) is 2.88. The summed E-state index contributed by atoms with van der Waals surface area (Å²) < 4.78 is 7.30. The van der Waals surface area contributed by atoms with Gasteiger partial charge in [-0.2, -0.15) is 0 Å². The van der Waals surface area contributed by atoms with Crippen molar-refractivity contribution in [2.45, 2.75) is 6.92 Å². The van der Waals surface area contributed by atoms with Crippen molar-refractivity contribution >= 4 is 55.4 Å². The van der Waals surface area contributed by atoms with Gasteiger partial charge in [-0.15, -0.1) is 0 Å². The molecular weight excluding hydrogens is 429 g/mol.